The molecule has 2 heterocycles. The highest BCUT2D eigenvalue weighted by Crippen LogP contribution is 2.49. The van der Waals surface area contributed by atoms with Gasteiger partial charge in [0.15, 0.2) is 6.10 Å². The number of hydrogen-bond acceptors (Lipinski definition) is 4. The summed E-state index contributed by atoms with van der Waals surface area (Å²) in [4.78, 5) is 11.2. The van der Waals surface area contributed by atoms with Gasteiger partial charge in [-0.15, -0.1) is 0 Å². The Kier molecular flexibility index (Phi) is 1.85. The summed E-state index contributed by atoms with van der Waals surface area (Å²) in [6.07, 6.45) is -0.243. The maximum atomic E-state index is 11.2. The Morgan fingerprint density at radius 3 is 2.69 bits per heavy atom. The average molecular weight is 186 g/mol. The van der Waals surface area contributed by atoms with Crippen molar-refractivity contribution in [1.82, 2.24) is 0 Å². The molecule has 4 atom stereocenters. The third-order valence-corrected chi connectivity index (χ3v) is 3.19. The molecule has 2 aliphatic heterocycles. The van der Waals surface area contributed by atoms with Gasteiger partial charge in [-0.25, -0.2) is 4.79 Å². The molecule has 74 valence electrons. The van der Waals surface area contributed by atoms with Gasteiger partial charge >= 0.3 is 5.97 Å². The lowest BCUT2D eigenvalue weighted by molar-refractivity contribution is -0.142. The normalized spacial score (nSPS) is 48.1. The van der Waals surface area contributed by atoms with E-state index in [4.69, 9.17) is 9.47 Å². The minimum Gasteiger partial charge on any atom is -0.467 e. The van der Waals surface area contributed by atoms with Crippen molar-refractivity contribution in [2.75, 3.05) is 13.7 Å². The number of esters is 1. The lowest BCUT2D eigenvalue weighted by Gasteiger charge is -2.10. The van der Waals surface area contributed by atoms with Crippen LogP contribution < -0.4 is 0 Å². The summed E-state index contributed by atoms with van der Waals surface area (Å²) in [5.74, 6) is -0.0267. The lowest BCUT2D eigenvalue weighted by atomic mass is 9.90. The molecule has 2 rings (SSSR count). The number of epoxide rings is 1. The van der Waals surface area contributed by atoms with Crippen LogP contribution in [0, 0.1) is 5.92 Å². The highest BCUT2D eigenvalue weighted by Gasteiger charge is 2.68. The predicted octanol–water partition coefficient (Wildman–Crippen LogP) is 0.352. The van der Waals surface area contributed by atoms with Gasteiger partial charge in [0.1, 0.15) is 5.60 Å². The largest absolute Gasteiger partial charge is 0.467 e. The molecule has 0 amide bonds. The minimum atomic E-state index is -0.405. The van der Waals surface area contributed by atoms with Crippen molar-refractivity contribution in [2.24, 2.45) is 5.92 Å². The van der Waals surface area contributed by atoms with E-state index in [9.17, 15) is 4.79 Å². The van der Waals surface area contributed by atoms with E-state index in [0.29, 0.717) is 6.61 Å². The van der Waals surface area contributed by atoms with E-state index in [-0.39, 0.29) is 23.6 Å². The quantitative estimate of drug-likeness (QED) is 0.438. The molecule has 2 fully saturated rings. The molecule has 2 saturated heterocycles. The summed E-state index contributed by atoms with van der Waals surface area (Å²) in [6, 6.07) is 0. The molecule has 0 radical (unpaired) electrons. The second-order valence-electron chi connectivity index (χ2n) is 3.78. The summed E-state index contributed by atoms with van der Waals surface area (Å²) >= 11 is 0. The van der Waals surface area contributed by atoms with E-state index < -0.39 is 6.10 Å². The molecule has 0 aromatic carbocycles. The summed E-state index contributed by atoms with van der Waals surface area (Å²) < 4.78 is 15.5. The lowest BCUT2D eigenvalue weighted by Crippen LogP contribution is -2.29. The van der Waals surface area contributed by atoms with Crippen LogP contribution in [0.5, 0.6) is 0 Å². The van der Waals surface area contributed by atoms with Gasteiger partial charge in [0, 0.05) is 5.92 Å². The van der Waals surface area contributed by atoms with Crippen LogP contribution in [0.2, 0.25) is 0 Å². The smallest absolute Gasteiger partial charge is 0.338 e. The van der Waals surface area contributed by atoms with Gasteiger partial charge in [0.05, 0.1) is 19.8 Å². The van der Waals surface area contributed by atoms with Gasteiger partial charge in [-0.3, -0.25) is 0 Å². The van der Waals surface area contributed by atoms with Crippen molar-refractivity contribution in [1.29, 1.82) is 0 Å². The molecule has 0 aromatic heterocycles. The maximum Gasteiger partial charge on any atom is 0.338 e. The Balaban J connectivity index is 2.07. The molecule has 13 heavy (non-hydrogen) atoms. The summed E-state index contributed by atoms with van der Waals surface area (Å²) in [6.45, 7) is 4.55. The molecule has 0 aromatic rings. The van der Waals surface area contributed by atoms with Crippen molar-refractivity contribution in [3.05, 3.63) is 0 Å². The number of hydrogen-bond donors (Lipinski definition) is 0. The molecule has 4 heteroatoms. The summed E-state index contributed by atoms with van der Waals surface area (Å²) in [5, 5.41) is 0. The first-order chi connectivity index (χ1) is 6.12. The molecule has 0 aliphatic carbocycles. The highest BCUT2D eigenvalue weighted by atomic mass is 16.7. The summed E-state index contributed by atoms with van der Waals surface area (Å²) in [7, 11) is 1.38. The van der Waals surface area contributed by atoms with E-state index in [1.807, 2.05) is 13.8 Å². The summed E-state index contributed by atoms with van der Waals surface area (Å²) in [5.41, 5.74) is -0.382. The third kappa shape index (κ3) is 1.09. The average Bonchev–Trinajstić information content (AvgIpc) is 2.81. The molecule has 4 unspecified atom stereocenters. The predicted molar refractivity (Wildman–Crippen MR) is 44.2 cm³/mol. The van der Waals surface area contributed by atoms with E-state index in [2.05, 4.69) is 4.74 Å². The van der Waals surface area contributed by atoms with Crippen LogP contribution in [0.1, 0.15) is 13.8 Å². The molecular weight excluding hydrogens is 172 g/mol. The van der Waals surface area contributed by atoms with Gasteiger partial charge in [-0.05, 0) is 6.92 Å². The van der Waals surface area contributed by atoms with Gasteiger partial charge in [0.25, 0.3) is 0 Å². The fourth-order valence-electron chi connectivity index (χ4n) is 1.93. The number of ether oxygens (including phenoxy) is 3. The topological polar surface area (TPSA) is 48.1 Å². The van der Waals surface area contributed by atoms with Crippen LogP contribution >= 0.6 is 0 Å². The third-order valence-electron chi connectivity index (χ3n) is 3.19. The first kappa shape index (κ1) is 8.97. The van der Waals surface area contributed by atoms with E-state index in [0.717, 1.165) is 0 Å². The number of methoxy groups -OCH3 is 1. The fraction of sp³-hybridized carbons (Fsp3) is 0.889. The fourth-order valence-corrected chi connectivity index (χ4v) is 1.93. The van der Waals surface area contributed by atoms with Crippen molar-refractivity contribution in [3.63, 3.8) is 0 Å². The van der Waals surface area contributed by atoms with Gasteiger partial charge in [-0.2, -0.15) is 0 Å². The van der Waals surface area contributed by atoms with Crippen LogP contribution in [0.15, 0.2) is 0 Å². The SMILES string of the molecule is COC(=O)C1OC12COC(C)C2C. The van der Waals surface area contributed by atoms with Gasteiger partial charge in [-0.1, -0.05) is 6.92 Å². The Morgan fingerprint density at radius 2 is 2.23 bits per heavy atom. The molecule has 0 N–H and O–H groups in total. The highest BCUT2D eigenvalue weighted by molar-refractivity contribution is 5.79. The van der Waals surface area contributed by atoms with E-state index in [1.54, 1.807) is 0 Å². The Hall–Kier alpha value is -0.610. The standard InChI is InChI=1S/C9H14O4/c1-5-6(2)12-4-9(5)7(13-9)8(10)11-3/h5-7H,4H2,1-3H3. The van der Waals surface area contributed by atoms with Crippen LogP contribution in [-0.2, 0) is 19.0 Å². The van der Waals surface area contributed by atoms with E-state index >= 15 is 0 Å². The zero-order valence-electron chi connectivity index (χ0n) is 8.07. The van der Waals surface area contributed by atoms with Gasteiger partial charge in [0.2, 0.25) is 0 Å². The second kappa shape index (κ2) is 2.69. The van der Waals surface area contributed by atoms with E-state index in [1.165, 1.54) is 7.11 Å². The molecular formula is C9H14O4. The zero-order chi connectivity index (χ0) is 9.64. The molecule has 2 aliphatic rings. The van der Waals surface area contributed by atoms with Crippen LogP contribution in [0.25, 0.3) is 0 Å². The number of carbonyl (C=O) groups excluding carboxylic acids is 1. The number of rotatable bonds is 1. The molecule has 4 nitrogen and oxygen atoms in total. The van der Waals surface area contributed by atoms with Crippen molar-refractivity contribution in [3.8, 4) is 0 Å². The van der Waals surface area contributed by atoms with Crippen LogP contribution in [-0.4, -0.2) is 37.5 Å². The van der Waals surface area contributed by atoms with Crippen molar-refractivity contribution in [2.45, 2.75) is 31.7 Å². The van der Waals surface area contributed by atoms with Crippen molar-refractivity contribution >= 4 is 5.97 Å². The first-order valence-corrected chi connectivity index (χ1v) is 4.49. The second-order valence-corrected chi connectivity index (χ2v) is 3.78. The van der Waals surface area contributed by atoms with Crippen LogP contribution in [0.3, 0.4) is 0 Å². The van der Waals surface area contributed by atoms with Gasteiger partial charge < -0.3 is 14.2 Å². The Bertz CT molecular complexity index is 240. The zero-order valence-corrected chi connectivity index (χ0v) is 8.07. The molecule has 0 bridgehead atoms. The molecule has 1 spiro atoms. The maximum absolute atomic E-state index is 11.2. The Morgan fingerprint density at radius 1 is 1.54 bits per heavy atom. The first-order valence-electron chi connectivity index (χ1n) is 4.49. The Labute approximate surface area is 77.1 Å². The van der Waals surface area contributed by atoms with Crippen LogP contribution in [0.4, 0.5) is 0 Å². The minimum absolute atomic E-state index is 0.162. The monoisotopic (exact) mass is 186 g/mol. The number of carbonyl (C=O) groups is 1. The van der Waals surface area contributed by atoms with Crippen molar-refractivity contribution < 1.29 is 19.0 Å². The molecule has 0 saturated carbocycles.